The van der Waals surface area contributed by atoms with Crippen LogP contribution < -0.4 is 0 Å². The number of hydrogen-bond donors (Lipinski definition) is 1. The smallest absolute Gasteiger partial charge is 0.356 e. The van der Waals surface area contributed by atoms with E-state index in [1.54, 1.807) is 12.3 Å². The van der Waals surface area contributed by atoms with E-state index in [0.717, 1.165) is 5.56 Å². The van der Waals surface area contributed by atoms with Crippen LogP contribution in [0.25, 0.3) is 11.3 Å². The highest BCUT2D eigenvalue weighted by Gasteiger charge is 2.12. The minimum absolute atomic E-state index is 0.323. The average Bonchev–Trinajstić information content (AvgIpc) is 3.16. The fourth-order valence-electron chi connectivity index (χ4n) is 2.04. The van der Waals surface area contributed by atoms with Crippen molar-refractivity contribution in [1.82, 2.24) is 20.0 Å². The molecule has 106 valence electrons. The van der Waals surface area contributed by atoms with Gasteiger partial charge in [0.15, 0.2) is 0 Å². The van der Waals surface area contributed by atoms with Crippen LogP contribution in [0, 0.1) is 0 Å². The number of nitrogens with zero attached hydrogens (tertiary/aromatic N) is 3. The maximum Gasteiger partial charge on any atom is 0.356 e. The molecule has 0 aliphatic carbocycles. The van der Waals surface area contributed by atoms with Gasteiger partial charge in [-0.05, 0) is 11.6 Å². The molecule has 6 nitrogen and oxygen atoms in total. The summed E-state index contributed by atoms with van der Waals surface area (Å²) in [6, 6.07) is 11.7. The van der Waals surface area contributed by atoms with Gasteiger partial charge in [0, 0.05) is 11.8 Å². The Morgan fingerprint density at radius 2 is 2.14 bits per heavy atom. The molecule has 0 radical (unpaired) electrons. The van der Waals surface area contributed by atoms with E-state index in [2.05, 4.69) is 20.0 Å². The van der Waals surface area contributed by atoms with Crippen LogP contribution in [0.15, 0.2) is 48.8 Å². The predicted molar refractivity (Wildman–Crippen MR) is 76.7 cm³/mol. The van der Waals surface area contributed by atoms with Crippen LogP contribution in [0.4, 0.5) is 0 Å². The van der Waals surface area contributed by atoms with Gasteiger partial charge >= 0.3 is 5.97 Å². The lowest BCUT2D eigenvalue weighted by atomic mass is 10.2. The molecule has 1 aromatic carbocycles. The molecule has 0 amide bonds. The molecule has 2 aromatic heterocycles. The molecule has 0 saturated heterocycles. The Hall–Kier alpha value is -2.89. The Kier molecular flexibility index (Phi) is 3.51. The molecule has 0 unspecified atom stereocenters. The quantitative estimate of drug-likeness (QED) is 0.744. The van der Waals surface area contributed by atoms with Gasteiger partial charge in [-0.3, -0.25) is 9.78 Å². The molecule has 0 saturated carbocycles. The van der Waals surface area contributed by atoms with Crippen LogP contribution in [0.3, 0.4) is 0 Å². The lowest BCUT2D eigenvalue weighted by Crippen LogP contribution is -2.00. The summed E-state index contributed by atoms with van der Waals surface area (Å²) in [6.07, 6.45) is 3.62. The Morgan fingerprint density at radius 1 is 1.33 bits per heavy atom. The number of esters is 1. The van der Waals surface area contributed by atoms with Crippen molar-refractivity contribution in [2.24, 2.45) is 0 Å². The molecule has 3 aromatic rings. The van der Waals surface area contributed by atoms with E-state index in [9.17, 15) is 4.79 Å². The number of aromatic amines is 1. The first-order valence-corrected chi connectivity index (χ1v) is 6.47. The van der Waals surface area contributed by atoms with Crippen molar-refractivity contribution >= 4 is 5.97 Å². The van der Waals surface area contributed by atoms with E-state index >= 15 is 0 Å². The Labute approximate surface area is 121 Å². The van der Waals surface area contributed by atoms with Crippen LogP contribution >= 0.6 is 0 Å². The van der Waals surface area contributed by atoms with Crippen molar-refractivity contribution in [2.45, 2.75) is 6.54 Å². The number of carbonyl (C=O) groups excluding carboxylic acids is 1. The number of ether oxygens (including phenoxy) is 1. The number of methoxy groups -OCH3 is 1. The fourth-order valence-corrected chi connectivity index (χ4v) is 2.04. The van der Waals surface area contributed by atoms with Gasteiger partial charge in [-0.25, -0.2) is 4.79 Å². The van der Waals surface area contributed by atoms with Crippen molar-refractivity contribution in [3.63, 3.8) is 0 Å². The van der Waals surface area contributed by atoms with Crippen molar-refractivity contribution in [1.29, 1.82) is 0 Å². The molecule has 0 spiro atoms. The number of carbonyl (C=O) groups is 1. The SMILES string of the molecule is COC(=O)c1cc(-c2cnn(Cc3ccccc3)c2)n[nH]1. The summed E-state index contributed by atoms with van der Waals surface area (Å²) >= 11 is 0. The molecule has 0 aliphatic rings. The van der Waals surface area contributed by atoms with E-state index in [1.165, 1.54) is 12.7 Å². The lowest BCUT2D eigenvalue weighted by Gasteiger charge is -2.00. The zero-order chi connectivity index (χ0) is 14.7. The zero-order valence-electron chi connectivity index (χ0n) is 11.5. The van der Waals surface area contributed by atoms with E-state index in [4.69, 9.17) is 0 Å². The fraction of sp³-hybridized carbons (Fsp3) is 0.133. The van der Waals surface area contributed by atoms with Gasteiger partial charge < -0.3 is 4.74 Å². The summed E-state index contributed by atoms with van der Waals surface area (Å²) < 4.78 is 6.47. The molecule has 0 atom stereocenters. The standard InChI is InChI=1S/C15H14N4O2/c1-21-15(20)14-7-13(17-18-14)12-8-16-19(10-12)9-11-5-3-2-4-6-11/h2-8,10H,9H2,1H3,(H,17,18). The maximum atomic E-state index is 11.4. The number of nitrogens with one attached hydrogen (secondary N) is 1. The summed E-state index contributed by atoms with van der Waals surface area (Å²) in [5.74, 6) is -0.439. The number of benzene rings is 1. The topological polar surface area (TPSA) is 72.8 Å². The van der Waals surface area contributed by atoms with Gasteiger partial charge in [0.05, 0.1) is 25.5 Å². The zero-order valence-corrected chi connectivity index (χ0v) is 11.5. The summed E-state index contributed by atoms with van der Waals surface area (Å²) in [5, 5.41) is 11.1. The first-order chi connectivity index (χ1) is 10.3. The monoisotopic (exact) mass is 282 g/mol. The van der Waals surface area contributed by atoms with Crippen molar-refractivity contribution in [2.75, 3.05) is 7.11 Å². The molecule has 21 heavy (non-hydrogen) atoms. The highest BCUT2D eigenvalue weighted by Crippen LogP contribution is 2.17. The van der Waals surface area contributed by atoms with Crippen LogP contribution in [-0.4, -0.2) is 33.1 Å². The Morgan fingerprint density at radius 3 is 2.90 bits per heavy atom. The predicted octanol–water partition coefficient (Wildman–Crippen LogP) is 2.11. The van der Waals surface area contributed by atoms with Crippen LogP contribution in [0.1, 0.15) is 16.1 Å². The molecule has 0 bridgehead atoms. The molecule has 3 rings (SSSR count). The van der Waals surface area contributed by atoms with Crippen molar-refractivity contribution < 1.29 is 9.53 Å². The molecule has 0 fully saturated rings. The third kappa shape index (κ3) is 2.84. The maximum absolute atomic E-state index is 11.4. The highest BCUT2D eigenvalue weighted by atomic mass is 16.5. The molecule has 2 heterocycles. The third-order valence-electron chi connectivity index (χ3n) is 3.10. The third-order valence-corrected chi connectivity index (χ3v) is 3.10. The molecule has 0 aliphatic heterocycles. The molecule has 6 heteroatoms. The second kappa shape index (κ2) is 5.62. The number of H-pyrrole nitrogens is 1. The molecular formula is C15H14N4O2. The summed E-state index contributed by atoms with van der Waals surface area (Å²) in [6.45, 7) is 0.690. The van der Waals surface area contributed by atoms with Gasteiger partial charge in [-0.2, -0.15) is 10.2 Å². The number of hydrogen-bond acceptors (Lipinski definition) is 4. The first-order valence-electron chi connectivity index (χ1n) is 6.47. The Bertz CT molecular complexity index is 746. The second-order valence-electron chi connectivity index (χ2n) is 4.57. The number of aromatic nitrogens is 4. The van der Waals surface area contributed by atoms with Gasteiger partial charge in [-0.1, -0.05) is 30.3 Å². The number of rotatable bonds is 4. The largest absolute Gasteiger partial charge is 0.464 e. The van der Waals surface area contributed by atoms with Gasteiger partial charge in [-0.15, -0.1) is 0 Å². The Balaban J connectivity index is 1.78. The normalized spacial score (nSPS) is 10.5. The van der Waals surface area contributed by atoms with Gasteiger partial charge in [0.2, 0.25) is 0 Å². The minimum Gasteiger partial charge on any atom is -0.464 e. The highest BCUT2D eigenvalue weighted by molar-refractivity contribution is 5.88. The van der Waals surface area contributed by atoms with E-state index in [1.807, 2.05) is 41.2 Å². The summed E-state index contributed by atoms with van der Waals surface area (Å²) in [7, 11) is 1.33. The van der Waals surface area contributed by atoms with E-state index < -0.39 is 5.97 Å². The first kappa shape index (κ1) is 13.1. The molecular weight excluding hydrogens is 268 g/mol. The van der Waals surface area contributed by atoms with Crippen LogP contribution in [-0.2, 0) is 11.3 Å². The summed E-state index contributed by atoms with van der Waals surface area (Å²) in [5.41, 5.74) is 3.00. The van der Waals surface area contributed by atoms with Gasteiger partial charge in [0.25, 0.3) is 0 Å². The van der Waals surface area contributed by atoms with Crippen molar-refractivity contribution in [3.8, 4) is 11.3 Å². The van der Waals surface area contributed by atoms with Gasteiger partial charge in [0.1, 0.15) is 5.69 Å². The van der Waals surface area contributed by atoms with E-state index in [0.29, 0.717) is 17.9 Å². The minimum atomic E-state index is -0.439. The molecule has 1 N–H and O–H groups in total. The van der Waals surface area contributed by atoms with E-state index in [-0.39, 0.29) is 0 Å². The van der Waals surface area contributed by atoms with Crippen LogP contribution in [0.2, 0.25) is 0 Å². The lowest BCUT2D eigenvalue weighted by molar-refractivity contribution is 0.0594. The van der Waals surface area contributed by atoms with Crippen molar-refractivity contribution in [3.05, 3.63) is 60.0 Å². The average molecular weight is 282 g/mol. The second-order valence-corrected chi connectivity index (χ2v) is 4.57. The summed E-state index contributed by atoms with van der Waals surface area (Å²) in [4.78, 5) is 11.4. The van der Waals surface area contributed by atoms with Crippen LogP contribution in [0.5, 0.6) is 0 Å².